The normalized spacial score (nSPS) is 13.8. The van der Waals surface area contributed by atoms with E-state index in [4.69, 9.17) is 0 Å². The number of nitrogens with zero attached hydrogens (tertiary/aromatic N) is 1. The molecule has 1 aromatic heterocycles. The molecule has 68 valence electrons. The number of thioether (sulfide) groups is 1. The van der Waals surface area contributed by atoms with Crippen LogP contribution in [0.15, 0.2) is 6.20 Å². The lowest BCUT2D eigenvalue weighted by Crippen LogP contribution is -1.82. The van der Waals surface area contributed by atoms with E-state index in [-0.39, 0.29) is 0 Å². The molecule has 0 bridgehead atoms. The number of thiazole rings is 1. The molecule has 0 fully saturated rings. The Labute approximate surface area is 82.6 Å². The van der Waals surface area contributed by atoms with Gasteiger partial charge < -0.3 is 0 Å². The molecule has 1 aromatic rings. The van der Waals surface area contributed by atoms with Crippen LogP contribution in [-0.4, -0.2) is 11.2 Å². The number of hydrogen-bond donors (Lipinski definition) is 0. The van der Waals surface area contributed by atoms with Crippen molar-refractivity contribution in [2.24, 2.45) is 0 Å². The Morgan fingerprint density at radius 2 is 2.08 bits per heavy atom. The van der Waals surface area contributed by atoms with Crippen LogP contribution in [0.2, 0.25) is 0 Å². The topological polar surface area (TPSA) is 12.9 Å². The highest BCUT2D eigenvalue weighted by Crippen LogP contribution is 2.32. The molecule has 1 nitrogen and oxygen atoms in total. The molecule has 0 aliphatic carbocycles. The molecular formula is C9H15NS2. The molecule has 1 heterocycles. The fraction of sp³-hybridized carbons (Fsp3) is 0.667. The molecule has 12 heavy (non-hydrogen) atoms. The van der Waals surface area contributed by atoms with Gasteiger partial charge in [0.15, 0.2) is 0 Å². The Bertz CT molecular complexity index is 242. The van der Waals surface area contributed by atoms with Crippen molar-refractivity contribution in [1.82, 2.24) is 4.98 Å². The second-order valence-corrected chi connectivity index (χ2v) is 5.41. The maximum atomic E-state index is 4.39. The van der Waals surface area contributed by atoms with Gasteiger partial charge in [-0.05, 0) is 13.2 Å². The van der Waals surface area contributed by atoms with Gasteiger partial charge in [-0.1, -0.05) is 13.8 Å². The van der Waals surface area contributed by atoms with E-state index in [0.29, 0.717) is 11.2 Å². The van der Waals surface area contributed by atoms with E-state index in [2.05, 4.69) is 32.0 Å². The molecule has 0 spiro atoms. The Hall–Kier alpha value is -0.0200. The first-order valence-corrected chi connectivity index (χ1v) is 6.24. The monoisotopic (exact) mass is 201 g/mol. The number of aromatic nitrogens is 1. The van der Waals surface area contributed by atoms with E-state index >= 15 is 0 Å². The van der Waals surface area contributed by atoms with Crippen molar-refractivity contribution in [2.45, 2.75) is 31.9 Å². The number of rotatable bonds is 3. The second kappa shape index (κ2) is 4.28. The van der Waals surface area contributed by atoms with Gasteiger partial charge in [0.25, 0.3) is 0 Å². The molecule has 0 amide bonds. The summed E-state index contributed by atoms with van der Waals surface area (Å²) in [6, 6.07) is 0. The minimum atomic E-state index is 0.567. The minimum absolute atomic E-state index is 0.567. The standard InChI is InChI=1S/C9H15NS2/c1-6(2)9-10-5-8(12-9)7(3)11-4/h5-7H,1-4H3. The van der Waals surface area contributed by atoms with E-state index in [9.17, 15) is 0 Å². The zero-order valence-electron chi connectivity index (χ0n) is 8.00. The van der Waals surface area contributed by atoms with Gasteiger partial charge in [0.05, 0.1) is 5.01 Å². The van der Waals surface area contributed by atoms with Crippen molar-refractivity contribution in [2.75, 3.05) is 6.26 Å². The van der Waals surface area contributed by atoms with Gasteiger partial charge in [0.2, 0.25) is 0 Å². The Morgan fingerprint density at radius 3 is 2.50 bits per heavy atom. The first-order chi connectivity index (χ1) is 5.65. The maximum absolute atomic E-state index is 4.39. The summed E-state index contributed by atoms with van der Waals surface area (Å²) in [5, 5.41) is 1.85. The summed E-state index contributed by atoms with van der Waals surface area (Å²) in [7, 11) is 0. The third kappa shape index (κ3) is 2.23. The molecule has 0 radical (unpaired) electrons. The third-order valence-corrected chi connectivity index (χ3v) is 4.38. The Balaban J connectivity index is 2.77. The van der Waals surface area contributed by atoms with Gasteiger partial charge in [-0.15, -0.1) is 11.3 Å². The van der Waals surface area contributed by atoms with Crippen LogP contribution in [-0.2, 0) is 0 Å². The van der Waals surface area contributed by atoms with Gasteiger partial charge in [0.1, 0.15) is 0 Å². The van der Waals surface area contributed by atoms with Crippen LogP contribution in [0.25, 0.3) is 0 Å². The smallest absolute Gasteiger partial charge is 0.0953 e. The highest BCUT2D eigenvalue weighted by Gasteiger charge is 2.09. The van der Waals surface area contributed by atoms with E-state index in [1.807, 2.05) is 29.3 Å². The fourth-order valence-electron chi connectivity index (χ4n) is 0.872. The zero-order valence-corrected chi connectivity index (χ0v) is 9.63. The summed E-state index contributed by atoms with van der Waals surface area (Å²) in [4.78, 5) is 5.78. The van der Waals surface area contributed by atoms with Crippen LogP contribution < -0.4 is 0 Å². The highest BCUT2D eigenvalue weighted by molar-refractivity contribution is 7.98. The van der Waals surface area contributed by atoms with Crippen LogP contribution in [0.1, 0.15) is 41.8 Å². The van der Waals surface area contributed by atoms with Crippen molar-refractivity contribution in [3.63, 3.8) is 0 Å². The van der Waals surface area contributed by atoms with Crippen molar-refractivity contribution >= 4 is 23.1 Å². The van der Waals surface area contributed by atoms with Gasteiger partial charge in [-0.3, -0.25) is 0 Å². The number of hydrogen-bond acceptors (Lipinski definition) is 3. The molecule has 0 aromatic carbocycles. The lowest BCUT2D eigenvalue weighted by atomic mass is 10.2. The summed E-state index contributed by atoms with van der Waals surface area (Å²) in [6.45, 7) is 6.60. The molecule has 1 atom stereocenters. The molecule has 0 N–H and O–H groups in total. The lowest BCUT2D eigenvalue weighted by Gasteiger charge is -2.02. The summed E-state index contributed by atoms with van der Waals surface area (Å²) in [5.74, 6) is 0.567. The van der Waals surface area contributed by atoms with E-state index in [1.54, 1.807) is 0 Å². The maximum Gasteiger partial charge on any atom is 0.0953 e. The highest BCUT2D eigenvalue weighted by atomic mass is 32.2. The van der Waals surface area contributed by atoms with Crippen LogP contribution in [0.3, 0.4) is 0 Å². The van der Waals surface area contributed by atoms with Gasteiger partial charge in [-0.25, -0.2) is 4.98 Å². The lowest BCUT2D eigenvalue weighted by molar-refractivity contribution is 0.852. The third-order valence-electron chi connectivity index (χ3n) is 1.79. The fourth-order valence-corrected chi connectivity index (χ4v) is 2.45. The van der Waals surface area contributed by atoms with E-state index < -0.39 is 0 Å². The van der Waals surface area contributed by atoms with Gasteiger partial charge in [0, 0.05) is 22.2 Å². The zero-order chi connectivity index (χ0) is 9.14. The first-order valence-electron chi connectivity index (χ1n) is 4.13. The minimum Gasteiger partial charge on any atom is -0.249 e. The SMILES string of the molecule is CSC(C)c1cnc(C(C)C)s1. The Kier molecular flexibility index (Phi) is 3.59. The first kappa shape index (κ1) is 10.1. The van der Waals surface area contributed by atoms with E-state index in [0.717, 1.165) is 0 Å². The summed E-state index contributed by atoms with van der Waals surface area (Å²) in [6.07, 6.45) is 4.15. The molecule has 1 unspecified atom stereocenters. The van der Waals surface area contributed by atoms with Crippen molar-refractivity contribution in [3.05, 3.63) is 16.1 Å². The van der Waals surface area contributed by atoms with Crippen molar-refractivity contribution in [3.8, 4) is 0 Å². The van der Waals surface area contributed by atoms with Crippen LogP contribution >= 0.6 is 23.1 Å². The summed E-state index contributed by atoms with van der Waals surface area (Å²) in [5.41, 5.74) is 0. The average molecular weight is 201 g/mol. The van der Waals surface area contributed by atoms with Crippen molar-refractivity contribution in [1.29, 1.82) is 0 Å². The van der Waals surface area contributed by atoms with Crippen LogP contribution in [0.4, 0.5) is 0 Å². The summed E-state index contributed by atoms with van der Waals surface area (Å²) < 4.78 is 0. The molecule has 0 aliphatic rings. The second-order valence-electron chi connectivity index (χ2n) is 3.13. The predicted molar refractivity (Wildman–Crippen MR) is 58.1 cm³/mol. The Morgan fingerprint density at radius 1 is 1.42 bits per heavy atom. The molecule has 3 heteroatoms. The van der Waals surface area contributed by atoms with Crippen LogP contribution in [0.5, 0.6) is 0 Å². The molecule has 0 saturated heterocycles. The molecular weight excluding hydrogens is 186 g/mol. The van der Waals surface area contributed by atoms with Gasteiger partial charge in [-0.2, -0.15) is 11.8 Å². The quantitative estimate of drug-likeness (QED) is 0.739. The summed E-state index contributed by atoms with van der Waals surface area (Å²) >= 11 is 3.72. The molecule has 0 aliphatic heterocycles. The van der Waals surface area contributed by atoms with Crippen molar-refractivity contribution < 1.29 is 0 Å². The van der Waals surface area contributed by atoms with Crippen LogP contribution in [0, 0.1) is 0 Å². The average Bonchev–Trinajstić information content (AvgIpc) is 2.51. The molecule has 1 rings (SSSR count). The van der Waals surface area contributed by atoms with E-state index in [1.165, 1.54) is 9.88 Å². The largest absolute Gasteiger partial charge is 0.249 e. The van der Waals surface area contributed by atoms with Gasteiger partial charge >= 0.3 is 0 Å². The predicted octanol–water partition coefficient (Wildman–Crippen LogP) is 3.69. The molecule has 0 saturated carbocycles.